The predicted octanol–water partition coefficient (Wildman–Crippen LogP) is 30.3. The van der Waals surface area contributed by atoms with E-state index in [4.69, 9.17) is 47.4 Å². The molecule has 0 aromatic heterocycles. The van der Waals surface area contributed by atoms with E-state index >= 15 is 0 Å². The maximum Gasteiger partial charge on any atom is 0.119 e. The summed E-state index contributed by atoms with van der Waals surface area (Å²) in [5, 5.41) is 0. The summed E-state index contributed by atoms with van der Waals surface area (Å²) in [6.45, 7) is 18.0. The molecule has 10 nitrogen and oxygen atoms in total. The van der Waals surface area contributed by atoms with E-state index in [1.54, 1.807) is 0 Å². The SMILES string of the molecule is CCCCCCCOc1ccc(COc2ccc(S)cc2)cc1.CCCCCCCOc1ccc(COc2ccc(S)cc2)cc1.CCCCCCCOc1ccc(COc2ccc(S)cc2)cc1.CCCCCCCOc1ccc(COc2ccc(S)cc2)cc1.CCCCCCCOc1ccc(COc2ccc(S)cc2)cc1.F.F.F.F.F. The van der Waals surface area contributed by atoms with Gasteiger partial charge in [-0.3, -0.25) is 23.5 Å². The Hall–Kier alpha value is -8.40. The first-order valence-electron chi connectivity index (χ1n) is 42.1. The van der Waals surface area contributed by atoms with E-state index in [2.05, 4.69) is 158 Å². The molecule has 660 valence electrons. The van der Waals surface area contributed by atoms with E-state index in [1.807, 2.05) is 182 Å². The van der Waals surface area contributed by atoms with Gasteiger partial charge in [-0.2, -0.15) is 0 Å². The number of rotatable bonds is 50. The largest absolute Gasteiger partial charge is 0.494 e. The minimum Gasteiger partial charge on any atom is -0.494 e. The smallest absolute Gasteiger partial charge is 0.119 e. The monoisotopic (exact) mass is 1750 g/mol. The van der Waals surface area contributed by atoms with Gasteiger partial charge in [0.25, 0.3) is 0 Å². The molecule has 10 aromatic carbocycles. The van der Waals surface area contributed by atoms with E-state index in [-0.39, 0.29) is 23.5 Å². The molecule has 10 aromatic rings. The maximum absolute atomic E-state index is 5.77. The standard InChI is InChI=1S/5C20H26O2S.5FH/c5*1-2-3-4-5-6-15-21-18-9-7-17(8-10-18)16-22-19-11-13-20(23)14-12-19;;;;;/h5*7-14,23H,2-6,15-16H2,1H3;5*1H. The van der Waals surface area contributed by atoms with E-state index in [0.717, 1.165) is 175 Å². The maximum atomic E-state index is 5.77. The first-order chi connectivity index (χ1) is 56.4. The molecule has 120 heavy (non-hydrogen) atoms. The average molecular weight is 1750 g/mol. The molecule has 0 bridgehead atoms. The molecule has 0 heterocycles. The summed E-state index contributed by atoms with van der Waals surface area (Å²) in [5.41, 5.74) is 5.67. The predicted molar refractivity (Wildman–Crippen MR) is 506 cm³/mol. The highest BCUT2D eigenvalue weighted by Gasteiger charge is 2.06. The molecule has 0 amide bonds. The van der Waals surface area contributed by atoms with Crippen LogP contribution in [0, 0.1) is 0 Å². The van der Waals surface area contributed by atoms with Gasteiger partial charge in [0.1, 0.15) is 90.5 Å². The topological polar surface area (TPSA) is 92.3 Å². The molecule has 0 saturated carbocycles. The minimum absolute atomic E-state index is 0. The number of hydrogen-bond donors (Lipinski definition) is 5. The lowest BCUT2D eigenvalue weighted by molar-refractivity contribution is 0.300. The summed E-state index contributed by atoms with van der Waals surface area (Å²) in [4.78, 5) is 4.69. The van der Waals surface area contributed by atoms with Crippen molar-refractivity contribution < 1.29 is 70.9 Å². The summed E-state index contributed by atoms with van der Waals surface area (Å²) in [6, 6.07) is 79.3. The molecule has 0 spiro atoms. The van der Waals surface area contributed by atoms with Gasteiger partial charge in [0.05, 0.1) is 33.0 Å². The van der Waals surface area contributed by atoms with E-state index < -0.39 is 0 Å². The van der Waals surface area contributed by atoms with Crippen LogP contribution in [0.5, 0.6) is 57.5 Å². The quantitative estimate of drug-likeness (QED) is 0.0144. The lowest BCUT2D eigenvalue weighted by atomic mass is 10.2. The lowest BCUT2D eigenvalue weighted by Gasteiger charge is -2.09. The highest BCUT2D eigenvalue weighted by atomic mass is 32.1. The number of halogens is 5. The van der Waals surface area contributed by atoms with Crippen LogP contribution in [0.4, 0.5) is 23.5 Å². The van der Waals surface area contributed by atoms with E-state index in [0.29, 0.717) is 33.0 Å². The first kappa shape index (κ1) is 110. The van der Waals surface area contributed by atoms with Gasteiger partial charge >= 0.3 is 0 Å². The van der Waals surface area contributed by atoms with Crippen molar-refractivity contribution in [3.8, 4) is 57.5 Å². The molecule has 0 N–H and O–H groups in total. The summed E-state index contributed by atoms with van der Waals surface area (Å²) < 4.78 is 57.6. The molecule has 0 atom stereocenters. The number of hydrogen-bond acceptors (Lipinski definition) is 15. The van der Waals surface area contributed by atoms with Crippen LogP contribution >= 0.6 is 63.1 Å². The molecule has 0 unspecified atom stereocenters. The highest BCUT2D eigenvalue weighted by Crippen LogP contribution is 2.25. The summed E-state index contributed by atoms with van der Waals surface area (Å²) in [6.07, 6.45) is 31.5. The molecule has 0 radical (unpaired) electrons. The zero-order valence-corrected chi connectivity index (χ0v) is 75.7. The van der Waals surface area contributed by atoms with Crippen molar-refractivity contribution >= 4 is 63.1 Å². The molecule has 0 fully saturated rings. The van der Waals surface area contributed by atoms with Crippen molar-refractivity contribution in [2.75, 3.05) is 33.0 Å². The normalized spacial score (nSPS) is 10.1. The summed E-state index contributed by atoms with van der Waals surface area (Å²) >= 11 is 21.3. The van der Waals surface area contributed by atoms with Crippen LogP contribution in [0.25, 0.3) is 0 Å². The van der Waals surface area contributed by atoms with E-state index in [9.17, 15) is 0 Å². The third-order valence-corrected chi connectivity index (χ3v) is 19.9. The molecule has 0 aliphatic heterocycles. The second-order valence-corrected chi connectivity index (χ2v) is 31.0. The van der Waals surface area contributed by atoms with E-state index in [1.165, 1.54) is 128 Å². The Bertz CT molecular complexity index is 3380. The van der Waals surface area contributed by atoms with Crippen LogP contribution in [0.3, 0.4) is 0 Å². The Balaban J connectivity index is 0.000000742. The molecule has 10 rings (SSSR count). The molecular weight excluding hydrogens is 1620 g/mol. The van der Waals surface area contributed by atoms with Gasteiger partial charge in [0.15, 0.2) is 0 Å². The van der Waals surface area contributed by atoms with Crippen molar-refractivity contribution in [2.24, 2.45) is 0 Å². The van der Waals surface area contributed by atoms with Gasteiger partial charge in [-0.1, -0.05) is 224 Å². The number of ether oxygens (including phenoxy) is 10. The van der Waals surface area contributed by atoms with Crippen molar-refractivity contribution in [3.63, 3.8) is 0 Å². The Morgan fingerprint density at radius 2 is 0.267 bits per heavy atom. The van der Waals surface area contributed by atoms with Crippen molar-refractivity contribution in [3.05, 3.63) is 270 Å². The Labute approximate surface area is 742 Å². The van der Waals surface area contributed by atoms with Crippen LogP contribution in [-0.2, 0) is 33.0 Å². The fourth-order valence-corrected chi connectivity index (χ4v) is 12.2. The van der Waals surface area contributed by atoms with Crippen LogP contribution in [0.2, 0.25) is 0 Å². The summed E-state index contributed by atoms with van der Waals surface area (Å²) in [7, 11) is 0. The fraction of sp³-hybridized carbons (Fsp3) is 0.400. The van der Waals surface area contributed by atoms with Crippen LogP contribution < -0.4 is 47.4 Å². The Morgan fingerprint density at radius 3 is 0.400 bits per heavy atom. The molecule has 0 aliphatic rings. The molecule has 0 saturated heterocycles. The number of thiol groups is 5. The Morgan fingerprint density at radius 1 is 0.150 bits per heavy atom. The lowest BCUT2D eigenvalue weighted by Crippen LogP contribution is -1.98. The van der Waals surface area contributed by atoms with Gasteiger partial charge in [-0.05, 0) is 242 Å². The fourth-order valence-electron chi connectivity index (χ4n) is 11.4. The van der Waals surface area contributed by atoms with Gasteiger partial charge in [0.2, 0.25) is 0 Å². The second kappa shape index (κ2) is 71.2. The number of unbranched alkanes of at least 4 members (excludes halogenated alkanes) is 20. The minimum atomic E-state index is 0. The van der Waals surface area contributed by atoms with Gasteiger partial charge in [0, 0.05) is 24.5 Å². The molecule has 20 heteroatoms. The van der Waals surface area contributed by atoms with Crippen molar-refractivity contribution in [1.29, 1.82) is 0 Å². The van der Waals surface area contributed by atoms with Gasteiger partial charge in [-0.25, -0.2) is 0 Å². The highest BCUT2D eigenvalue weighted by molar-refractivity contribution is 7.81. The van der Waals surface area contributed by atoms with Crippen molar-refractivity contribution in [1.82, 2.24) is 0 Å². The zero-order chi connectivity index (χ0) is 81.7. The van der Waals surface area contributed by atoms with Gasteiger partial charge < -0.3 is 47.4 Å². The Kier molecular flexibility index (Phi) is 65.0. The average Bonchev–Trinajstić information content (AvgIpc) is 0.908. The third-order valence-electron chi connectivity index (χ3n) is 18.4. The van der Waals surface area contributed by atoms with Crippen molar-refractivity contribution in [2.45, 2.75) is 253 Å². The van der Waals surface area contributed by atoms with Crippen LogP contribution in [0.1, 0.15) is 223 Å². The first-order valence-corrected chi connectivity index (χ1v) is 44.3. The van der Waals surface area contributed by atoms with Gasteiger partial charge in [-0.15, -0.1) is 63.1 Å². The number of benzene rings is 10. The summed E-state index contributed by atoms with van der Waals surface area (Å²) in [5.74, 6) is 8.95. The molecule has 0 aliphatic carbocycles. The second-order valence-electron chi connectivity index (χ2n) is 28.4. The van der Waals surface area contributed by atoms with Crippen LogP contribution in [0.15, 0.2) is 267 Å². The van der Waals surface area contributed by atoms with Crippen LogP contribution in [-0.4, -0.2) is 33.0 Å². The zero-order valence-electron chi connectivity index (χ0n) is 71.2. The molecular formula is C100H135F5O10S5. The third kappa shape index (κ3) is 52.7.